The summed E-state index contributed by atoms with van der Waals surface area (Å²) in [7, 11) is 1.86. The fourth-order valence-corrected chi connectivity index (χ4v) is 2.85. The van der Waals surface area contributed by atoms with Gasteiger partial charge in [-0.1, -0.05) is 35.9 Å². The molecular weight excluding hydrogens is 350 g/mol. The third-order valence-electron chi connectivity index (χ3n) is 4.13. The average molecular weight is 372 g/mol. The minimum Gasteiger partial charge on any atom is -0.349 e. The first-order chi connectivity index (χ1) is 12.5. The Hall–Kier alpha value is -2.37. The molecule has 136 valence electrons. The first-order valence-electron chi connectivity index (χ1n) is 8.64. The van der Waals surface area contributed by atoms with Crippen LogP contribution < -0.4 is 10.6 Å². The van der Waals surface area contributed by atoms with Crippen molar-refractivity contribution in [3.8, 4) is 0 Å². The standard InChI is InChI=1S/C20H22ClN3O2/c1-24(12-15-5-2-3-8-18(15)21)13-19(25)22-17-7-4-6-14(11-17)20(26)23-16-9-10-16/h2-8,11,16H,9-10,12-13H2,1H3,(H,22,25)(H,23,26). The fourth-order valence-electron chi connectivity index (χ4n) is 2.65. The number of likely N-dealkylation sites (N-methyl/N-ethyl adjacent to an activating group) is 1. The molecule has 2 N–H and O–H groups in total. The monoisotopic (exact) mass is 371 g/mol. The van der Waals surface area contributed by atoms with Crippen molar-refractivity contribution in [2.24, 2.45) is 0 Å². The van der Waals surface area contributed by atoms with Gasteiger partial charge in [-0.05, 0) is 49.7 Å². The van der Waals surface area contributed by atoms with Crippen LogP contribution in [0.15, 0.2) is 48.5 Å². The molecule has 0 saturated heterocycles. The second-order valence-electron chi connectivity index (χ2n) is 6.64. The Kier molecular flexibility index (Phi) is 5.91. The van der Waals surface area contributed by atoms with E-state index in [1.54, 1.807) is 24.3 Å². The lowest BCUT2D eigenvalue weighted by atomic mass is 10.2. The van der Waals surface area contributed by atoms with E-state index in [4.69, 9.17) is 11.6 Å². The Morgan fingerprint density at radius 3 is 2.65 bits per heavy atom. The molecule has 0 atom stereocenters. The SMILES string of the molecule is CN(CC(=O)Nc1cccc(C(=O)NC2CC2)c1)Cc1ccccc1Cl. The summed E-state index contributed by atoms with van der Waals surface area (Å²) in [5, 5.41) is 6.48. The quantitative estimate of drug-likeness (QED) is 0.785. The summed E-state index contributed by atoms with van der Waals surface area (Å²) >= 11 is 6.16. The Labute approximate surface area is 158 Å². The van der Waals surface area contributed by atoms with Gasteiger partial charge in [-0.3, -0.25) is 14.5 Å². The molecule has 1 aliphatic rings. The highest BCUT2D eigenvalue weighted by molar-refractivity contribution is 6.31. The lowest BCUT2D eigenvalue weighted by Gasteiger charge is -2.17. The maximum absolute atomic E-state index is 12.3. The zero-order valence-electron chi connectivity index (χ0n) is 14.7. The van der Waals surface area contributed by atoms with Gasteiger partial charge in [0, 0.05) is 28.9 Å². The molecule has 1 aliphatic carbocycles. The fraction of sp³-hybridized carbons (Fsp3) is 0.300. The van der Waals surface area contributed by atoms with Crippen LogP contribution in [0.4, 0.5) is 5.69 Å². The van der Waals surface area contributed by atoms with Gasteiger partial charge in [-0.2, -0.15) is 0 Å². The van der Waals surface area contributed by atoms with Crippen LogP contribution >= 0.6 is 11.6 Å². The highest BCUT2D eigenvalue weighted by Crippen LogP contribution is 2.20. The van der Waals surface area contributed by atoms with Gasteiger partial charge in [0.25, 0.3) is 5.91 Å². The van der Waals surface area contributed by atoms with E-state index in [2.05, 4.69) is 10.6 Å². The van der Waals surface area contributed by atoms with E-state index in [1.165, 1.54) is 0 Å². The maximum Gasteiger partial charge on any atom is 0.251 e. The molecule has 3 rings (SSSR count). The molecule has 0 bridgehead atoms. The highest BCUT2D eigenvalue weighted by atomic mass is 35.5. The molecule has 6 heteroatoms. The van der Waals surface area contributed by atoms with Gasteiger partial charge in [-0.15, -0.1) is 0 Å². The van der Waals surface area contributed by atoms with Crippen LogP contribution in [0.2, 0.25) is 5.02 Å². The van der Waals surface area contributed by atoms with E-state index < -0.39 is 0 Å². The van der Waals surface area contributed by atoms with Crippen LogP contribution in [0, 0.1) is 0 Å². The largest absolute Gasteiger partial charge is 0.349 e. The molecule has 2 amide bonds. The molecule has 0 aromatic heterocycles. The third-order valence-corrected chi connectivity index (χ3v) is 4.50. The number of amides is 2. The first-order valence-corrected chi connectivity index (χ1v) is 9.02. The van der Waals surface area contributed by atoms with Crippen molar-refractivity contribution in [3.63, 3.8) is 0 Å². The summed E-state index contributed by atoms with van der Waals surface area (Å²) in [6.45, 7) is 0.806. The highest BCUT2D eigenvalue weighted by Gasteiger charge is 2.23. The number of nitrogens with zero attached hydrogens (tertiary/aromatic N) is 1. The molecule has 0 unspecified atom stereocenters. The Balaban J connectivity index is 1.54. The molecule has 2 aromatic carbocycles. The summed E-state index contributed by atoms with van der Waals surface area (Å²) in [6, 6.07) is 14.9. The molecule has 0 spiro atoms. The zero-order valence-corrected chi connectivity index (χ0v) is 15.4. The Bertz CT molecular complexity index is 805. The summed E-state index contributed by atoms with van der Waals surface area (Å²) in [6.07, 6.45) is 2.08. The van der Waals surface area contributed by atoms with Crippen molar-refractivity contribution in [2.75, 3.05) is 18.9 Å². The molecule has 0 radical (unpaired) electrons. The number of hydrogen-bond donors (Lipinski definition) is 2. The van der Waals surface area contributed by atoms with Crippen LogP contribution in [-0.4, -0.2) is 36.3 Å². The van der Waals surface area contributed by atoms with Gasteiger partial charge in [0.2, 0.25) is 5.91 Å². The number of carbonyl (C=O) groups excluding carboxylic acids is 2. The molecule has 26 heavy (non-hydrogen) atoms. The van der Waals surface area contributed by atoms with Gasteiger partial charge in [0.05, 0.1) is 6.54 Å². The average Bonchev–Trinajstić information content (AvgIpc) is 3.41. The number of halogens is 1. The number of anilines is 1. The molecule has 2 aromatic rings. The van der Waals surface area contributed by atoms with Crippen molar-refractivity contribution in [1.29, 1.82) is 0 Å². The smallest absolute Gasteiger partial charge is 0.251 e. The predicted molar refractivity (Wildman–Crippen MR) is 103 cm³/mol. The van der Waals surface area contributed by atoms with E-state index in [0.29, 0.717) is 28.9 Å². The van der Waals surface area contributed by atoms with Crippen molar-refractivity contribution >= 4 is 29.1 Å². The van der Waals surface area contributed by atoms with E-state index in [0.717, 1.165) is 18.4 Å². The minimum absolute atomic E-state index is 0.0977. The van der Waals surface area contributed by atoms with E-state index in [1.807, 2.05) is 36.2 Å². The Morgan fingerprint density at radius 2 is 1.92 bits per heavy atom. The Morgan fingerprint density at radius 1 is 1.15 bits per heavy atom. The second-order valence-corrected chi connectivity index (χ2v) is 7.05. The normalized spacial score (nSPS) is 13.5. The van der Waals surface area contributed by atoms with Crippen molar-refractivity contribution in [1.82, 2.24) is 10.2 Å². The van der Waals surface area contributed by atoms with Gasteiger partial charge in [0.1, 0.15) is 0 Å². The number of hydrogen-bond acceptors (Lipinski definition) is 3. The van der Waals surface area contributed by atoms with Crippen molar-refractivity contribution < 1.29 is 9.59 Å². The van der Waals surface area contributed by atoms with Crippen LogP contribution in [0.5, 0.6) is 0 Å². The topological polar surface area (TPSA) is 61.4 Å². The zero-order chi connectivity index (χ0) is 18.5. The lowest BCUT2D eigenvalue weighted by Crippen LogP contribution is -2.30. The van der Waals surface area contributed by atoms with Crippen LogP contribution in [0.3, 0.4) is 0 Å². The molecular formula is C20H22ClN3O2. The summed E-state index contributed by atoms with van der Waals surface area (Å²) in [4.78, 5) is 26.3. The number of rotatable bonds is 7. The molecule has 1 fully saturated rings. The van der Waals surface area contributed by atoms with Gasteiger partial charge >= 0.3 is 0 Å². The lowest BCUT2D eigenvalue weighted by molar-refractivity contribution is -0.117. The number of carbonyl (C=O) groups is 2. The van der Waals surface area contributed by atoms with Crippen LogP contribution in [0.25, 0.3) is 0 Å². The molecule has 0 heterocycles. The van der Waals surface area contributed by atoms with Gasteiger partial charge in [-0.25, -0.2) is 0 Å². The number of nitrogens with one attached hydrogen (secondary N) is 2. The minimum atomic E-state index is -0.140. The summed E-state index contributed by atoms with van der Waals surface area (Å²) in [5.74, 6) is -0.237. The molecule has 0 aliphatic heterocycles. The number of benzene rings is 2. The van der Waals surface area contributed by atoms with E-state index in [9.17, 15) is 9.59 Å². The van der Waals surface area contributed by atoms with Gasteiger partial charge < -0.3 is 10.6 Å². The van der Waals surface area contributed by atoms with Crippen LogP contribution in [0.1, 0.15) is 28.8 Å². The summed E-state index contributed by atoms with van der Waals surface area (Å²) < 4.78 is 0. The molecule has 1 saturated carbocycles. The molecule has 5 nitrogen and oxygen atoms in total. The van der Waals surface area contributed by atoms with E-state index in [-0.39, 0.29) is 18.4 Å². The van der Waals surface area contributed by atoms with Crippen LogP contribution in [-0.2, 0) is 11.3 Å². The van der Waals surface area contributed by atoms with E-state index >= 15 is 0 Å². The predicted octanol–water partition coefficient (Wildman–Crippen LogP) is 3.30. The third kappa shape index (κ3) is 5.31. The van der Waals surface area contributed by atoms with Crippen molar-refractivity contribution in [3.05, 3.63) is 64.7 Å². The maximum atomic E-state index is 12.3. The van der Waals surface area contributed by atoms with Gasteiger partial charge in [0.15, 0.2) is 0 Å². The summed E-state index contributed by atoms with van der Waals surface area (Å²) in [5.41, 5.74) is 2.15. The second kappa shape index (κ2) is 8.34. The first kappa shape index (κ1) is 18.4. The van der Waals surface area contributed by atoms with Crippen molar-refractivity contribution in [2.45, 2.75) is 25.4 Å².